The lowest BCUT2D eigenvalue weighted by Crippen LogP contribution is -2.47. The monoisotopic (exact) mass is 450 g/mol. The first-order valence-electron chi connectivity index (χ1n) is 11.8. The Morgan fingerprint density at radius 2 is 1.94 bits per heavy atom. The van der Waals surface area contributed by atoms with E-state index in [4.69, 9.17) is 9.47 Å². The van der Waals surface area contributed by atoms with Crippen LogP contribution in [0.2, 0.25) is 0 Å². The third kappa shape index (κ3) is 5.27. The number of likely N-dealkylation sites (tertiary alicyclic amines) is 2. The maximum absolute atomic E-state index is 12.3. The molecule has 1 unspecified atom stereocenters. The maximum Gasteiger partial charge on any atom is 0.257 e. The summed E-state index contributed by atoms with van der Waals surface area (Å²) in [7, 11) is 0. The fourth-order valence-corrected chi connectivity index (χ4v) is 4.72. The summed E-state index contributed by atoms with van der Waals surface area (Å²) in [6.07, 6.45) is 4.83. The van der Waals surface area contributed by atoms with Crippen LogP contribution < -0.4 is 14.8 Å². The molecule has 4 heterocycles. The van der Waals surface area contributed by atoms with E-state index in [-0.39, 0.29) is 30.5 Å². The minimum absolute atomic E-state index is 0.0361. The molecule has 0 radical (unpaired) electrons. The fourth-order valence-electron chi connectivity index (χ4n) is 4.72. The van der Waals surface area contributed by atoms with E-state index in [9.17, 15) is 9.59 Å². The number of hydrogen-bond donors (Lipinski definition) is 1. The van der Waals surface area contributed by atoms with E-state index in [1.165, 1.54) is 5.56 Å². The van der Waals surface area contributed by atoms with Crippen LogP contribution in [0.25, 0.3) is 0 Å². The number of pyridine rings is 1. The molecule has 0 saturated carbocycles. The van der Waals surface area contributed by atoms with Gasteiger partial charge >= 0.3 is 0 Å². The Morgan fingerprint density at radius 3 is 2.70 bits per heavy atom. The van der Waals surface area contributed by atoms with Crippen molar-refractivity contribution in [2.45, 2.75) is 44.4 Å². The average molecular weight is 451 g/mol. The summed E-state index contributed by atoms with van der Waals surface area (Å²) in [4.78, 5) is 32.3. The standard InChI is InChI=1S/C25H30N4O4/c30-23(16-29-12-2-4-24(29)31)27-20-9-13-28(14-10-20)15-18-5-7-19(8-6-18)22-17-32-21-3-1-11-26-25(21)33-22/h1,3,5-8,11,20,22H,2,4,9-10,12-17H2,(H,27,30). The summed E-state index contributed by atoms with van der Waals surface area (Å²) >= 11 is 0. The van der Waals surface area contributed by atoms with Gasteiger partial charge in [0.05, 0.1) is 6.54 Å². The second kappa shape index (κ2) is 9.79. The zero-order valence-electron chi connectivity index (χ0n) is 18.7. The Labute approximate surface area is 193 Å². The van der Waals surface area contributed by atoms with Crippen molar-refractivity contribution in [3.8, 4) is 11.6 Å². The third-order valence-electron chi connectivity index (χ3n) is 6.60. The molecule has 8 nitrogen and oxygen atoms in total. The van der Waals surface area contributed by atoms with Gasteiger partial charge in [-0.25, -0.2) is 4.98 Å². The summed E-state index contributed by atoms with van der Waals surface area (Å²) in [6, 6.07) is 12.4. The van der Waals surface area contributed by atoms with Gasteiger partial charge < -0.3 is 19.7 Å². The van der Waals surface area contributed by atoms with Crippen molar-refractivity contribution in [3.63, 3.8) is 0 Å². The second-order valence-corrected chi connectivity index (χ2v) is 9.00. The van der Waals surface area contributed by atoms with E-state index in [0.29, 0.717) is 31.2 Å². The zero-order valence-corrected chi connectivity index (χ0v) is 18.7. The molecule has 2 amide bonds. The fraction of sp³-hybridized carbons (Fsp3) is 0.480. The number of benzene rings is 1. The van der Waals surface area contributed by atoms with Crippen LogP contribution >= 0.6 is 0 Å². The first-order chi connectivity index (χ1) is 16.1. The number of hydrogen-bond acceptors (Lipinski definition) is 6. The largest absolute Gasteiger partial charge is 0.484 e. The number of carbonyl (C=O) groups excluding carboxylic acids is 2. The van der Waals surface area contributed by atoms with Gasteiger partial charge in [0.25, 0.3) is 5.88 Å². The lowest BCUT2D eigenvalue weighted by atomic mass is 10.0. The Hall–Kier alpha value is -3.13. The number of carbonyl (C=O) groups is 2. The molecule has 2 aromatic rings. The number of fused-ring (bicyclic) bond motifs is 1. The molecule has 2 fully saturated rings. The number of amides is 2. The van der Waals surface area contributed by atoms with Crippen molar-refractivity contribution >= 4 is 11.8 Å². The number of nitrogens with one attached hydrogen (secondary N) is 1. The Morgan fingerprint density at radius 1 is 1.12 bits per heavy atom. The molecule has 1 aromatic carbocycles. The van der Waals surface area contributed by atoms with Gasteiger partial charge in [-0.3, -0.25) is 14.5 Å². The molecule has 1 N–H and O–H groups in total. The molecule has 5 rings (SSSR count). The van der Waals surface area contributed by atoms with E-state index in [2.05, 4.69) is 39.5 Å². The van der Waals surface area contributed by atoms with E-state index in [1.54, 1.807) is 11.1 Å². The number of piperidine rings is 1. The molecule has 2 saturated heterocycles. The van der Waals surface area contributed by atoms with Gasteiger partial charge in [-0.1, -0.05) is 24.3 Å². The number of aromatic nitrogens is 1. The first-order valence-corrected chi connectivity index (χ1v) is 11.8. The molecular formula is C25H30N4O4. The van der Waals surface area contributed by atoms with Crippen LogP contribution in [0.1, 0.15) is 42.9 Å². The van der Waals surface area contributed by atoms with Gasteiger partial charge in [-0.2, -0.15) is 0 Å². The van der Waals surface area contributed by atoms with Crippen LogP contribution in [0.3, 0.4) is 0 Å². The molecule has 33 heavy (non-hydrogen) atoms. The van der Waals surface area contributed by atoms with Crippen LogP contribution in [-0.2, 0) is 16.1 Å². The van der Waals surface area contributed by atoms with E-state index >= 15 is 0 Å². The lowest BCUT2D eigenvalue weighted by Gasteiger charge is -2.32. The predicted octanol–water partition coefficient (Wildman–Crippen LogP) is 2.30. The van der Waals surface area contributed by atoms with Crippen molar-refractivity contribution in [3.05, 3.63) is 53.7 Å². The van der Waals surface area contributed by atoms with Crippen LogP contribution in [-0.4, -0.2) is 65.4 Å². The molecule has 0 spiro atoms. The van der Waals surface area contributed by atoms with Gasteiger partial charge in [0.1, 0.15) is 6.61 Å². The van der Waals surface area contributed by atoms with Crippen molar-refractivity contribution in [1.29, 1.82) is 0 Å². The second-order valence-electron chi connectivity index (χ2n) is 9.00. The summed E-state index contributed by atoms with van der Waals surface area (Å²) in [5.74, 6) is 1.29. The maximum atomic E-state index is 12.3. The van der Waals surface area contributed by atoms with Crippen LogP contribution in [0, 0.1) is 0 Å². The van der Waals surface area contributed by atoms with Crippen LogP contribution in [0.15, 0.2) is 42.6 Å². The molecular weight excluding hydrogens is 420 g/mol. The van der Waals surface area contributed by atoms with Gasteiger partial charge in [0, 0.05) is 44.8 Å². The highest BCUT2D eigenvalue weighted by Crippen LogP contribution is 2.34. The molecule has 3 aliphatic rings. The van der Waals surface area contributed by atoms with Gasteiger partial charge in [0.2, 0.25) is 11.8 Å². The highest BCUT2D eigenvalue weighted by atomic mass is 16.6. The van der Waals surface area contributed by atoms with Gasteiger partial charge in [-0.05, 0) is 42.5 Å². The van der Waals surface area contributed by atoms with Gasteiger partial charge in [0.15, 0.2) is 11.9 Å². The molecule has 8 heteroatoms. The molecule has 0 bridgehead atoms. The van der Waals surface area contributed by atoms with Crippen molar-refractivity contribution in [2.24, 2.45) is 0 Å². The average Bonchev–Trinajstić information content (AvgIpc) is 3.24. The molecule has 1 aromatic heterocycles. The molecule has 1 atom stereocenters. The van der Waals surface area contributed by atoms with Crippen molar-refractivity contribution < 1.29 is 19.1 Å². The van der Waals surface area contributed by atoms with Crippen LogP contribution in [0.5, 0.6) is 11.6 Å². The minimum atomic E-state index is -0.156. The van der Waals surface area contributed by atoms with Crippen molar-refractivity contribution in [2.75, 3.05) is 32.8 Å². The number of ether oxygens (including phenoxy) is 2. The highest BCUT2D eigenvalue weighted by Gasteiger charge is 2.26. The topological polar surface area (TPSA) is 84.0 Å². The van der Waals surface area contributed by atoms with E-state index in [1.807, 2.05) is 12.1 Å². The third-order valence-corrected chi connectivity index (χ3v) is 6.60. The van der Waals surface area contributed by atoms with Crippen molar-refractivity contribution in [1.82, 2.24) is 20.1 Å². The minimum Gasteiger partial charge on any atom is -0.484 e. The zero-order chi connectivity index (χ0) is 22.6. The summed E-state index contributed by atoms with van der Waals surface area (Å²) in [5.41, 5.74) is 2.33. The Kier molecular flexibility index (Phi) is 6.44. The van der Waals surface area contributed by atoms with E-state index in [0.717, 1.165) is 44.5 Å². The quantitative estimate of drug-likeness (QED) is 0.727. The van der Waals surface area contributed by atoms with Crippen LogP contribution in [0.4, 0.5) is 0 Å². The molecule has 174 valence electrons. The number of nitrogens with zero attached hydrogens (tertiary/aromatic N) is 3. The SMILES string of the molecule is O=C(CN1CCCC1=O)NC1CCN(Cc2ccc(C3COc4cccnc4O3)cc2)CC1. The normalized spacial score (nSPS) is 21.3. The smallest absolute Gasteiger partial charge is 0.257 e. The Balaban J connectivity index is 1.07. The Bertz CT molecular complexity index is 988. The summed E-state index contributed by atoms with van der Waals surface area (Å²) < 4.78 is 11.8. The summed E-state index contributed by atoms with van der Waals surface area (Å²) in [5, 5.41) is 3.11. The first kappa shape index (κ1) is 21.7. The number of rotatable bonds is 6. The molecule has 0 aliphatic carbocycles. The molecule has 3 aliphatic heterocycles. The summed E-state index contributed by atoms with van der Waals surface area (Å²) in [6.45, 7) is 4.14. The highest BCUT2D eigenvalue weighted by molar-refractivity contribution is 5.85. The lowest BCUT2D eigenvalue weighted by molar-refractivity contribution is -0.133. The van der Waals surface area contributed by atoms with E-state index < -0.39 is 0 Å². The van der Waals surface area contributed by atoms with Gasteiger partial charge in [-0.15, -0.1) is 0 Å². The predicted molar refractivity (Wildman–Crippen MR) is 122 cm³/mol.